The van der Waals surface area contributed by atoms with Crippen molar-refractivity contribution in [1.29, 1.82) is 0 Å². The number of rotatable bonds is 6. The first-order valence-corrected chi connectivity index (χ1v) is 5.01. The van der Waals surface area contributed by atoms with Crippen LogP contribution in [0.15, 0.2) is 6.20 Å². The van der Waals surface area contributed by atoms with Crippen LogP contribution in [0.4, 0.5) is 16.2 Å². The predicted molar refractivity (Wildman–Crippen MR) is 57.8 cm³/mol. The quantitative estimate of drug-likeness (QED) is 0.379. The van der Waals surface area contributed by atoms with Crippen molar-refractivity contribution < 1.29 is 4.39 Å². The van der Waals surface area contributed by atoms with Crippen molar-refractivity contribution in [1.82, 2.24) is 9.97 Å². The third-order valence-electron chi connectivity index (χ3n) is 1.95. The molecule has 1 heterocycles. The number of aromatic nitrogens is 2. The van der Waals surface area contributed by atoms with E-state index in [9.17, 15) is 4.39 Å². The lowest BCUT2D eigenvalue weighted by Crippen LogP contribution is -2.13. The fourth-order valence-electron chi connectivity index (χ4n) is 1.14. The Hall–Kier alpha value is -1.43. The first kappa shape index (κ1) is 11.6. The largest absolute Gasteiger partial charge is 0.367 e. The van der Waals surface area contributed by atoms with E-state index < -0.39 is 5.82 Å². The average molecular weight is 213 g/mol. The monoisotopic (exact) mass is 213 g/mol. The minimum absolute atomic E-state index is 0.189. The molecule has 0 bridgehead atoms. The summed E-state index contributed by atoms with van der Waals surface area (Å²) in [4.78, 5) is 7.49. The summed E-state index contributed by atoms with van der Waals surface area (Å²) in [5.41, 5.74) is 2.27. The molecule has 0 aliphatic carbocycles. The fraction of sp³-hybridized carbons (Fsp3) is 0.556. The summed E-state index contributed by atoms with van der Waals surface area (Å²) in [5, 5.41) is 2.90. The van der Waals surface area contributed by atoms with E-state index >= 15 is 0 Å². The molecule has 0 saturated carbocycles. The molecular weight excluding hydrogens is 197 g/mol. The summed E-state index contributed by atoms with van der Waals surface area (Å²) in [6.07, 6.45) is 4.32. The highest BCUT2D eigenvalue weighted by Gasteiger charge is 2.04. The number of nitrogens with zero attached hydrogens (tertiary/aromatic N) is 2. The molecule has 0 spiro atoms. The summed E-state index contributed by atoms with van der Waals surface area (Å²) in [6.45, 7) is 2.81. The summed E-state index contributed by atoms with van der Waals surface area (Å²) in [5.74, 6) is 5.04. The van der Waals surface area contributed by atoms with E-state index in [-0.39, 0.29) is 11.8 Å². The molecule has 0 saturated heterocycles. The zero-order chi connectivity index (χ0) is 11.1. The first-order valence-electron chi connectivity index (χ1n) is 5.01. The number of hydrogen-bond donors (Lipinski definition) is 3. The van der Waals surface area contributed by atoms with Crippen LogP contribution in [0.3, 0.4) is 0 Å². The Kier molecular flexibility index (Phi) is 4.76. The van der Waals surface area contributed by atoms with Gasteiger partial charge in [0.1, 0.15) is 0 Å². The van der Waals surface area contributed by atoms with E-state index in [1.807, 2.05) is 0 Å². The molecule has 4 N–H and O–H groups in total. The molecule has 0 aliphatic rings. The van der Waals surface area contributed by atoms with Crippen molar-refractivity contribution in [2.24, 2.45) is 5.84 Å². The lowest BCUT2D eigenvalue weighted by molar-refractivity contribution is 0.615. The first-order chi connectivity index (χ1) is 7.27. The molecule has 15 heavy (non-hydrogen) atoms. The van der Waals surface area contributed by atoms with Gasteiger partial charge in [-0.3, -0.25) is 5.43 Å². The van der Waals surface area contributed by atoms with Gasteiger partial charge in [-0.25, -0.2) is 15.2 Å². The Bertz CT molecular complexity index is 305. The molecule has 0 atom stereocenters. The topological polar surface area (TPSA) is 75.9 Å². The predicted octanol–water partition coefficient (Wildman–Crippen LogP) is 1.50. The van der Waals surface area contributed by atoms with Gasteiger partial charge in [0.05, 0.1) is 6.20 Å². The number of nitrogens with two attached hydrogens (primary N) is 1. The number of nitrogen functional groups attached to an aromatic ring is 1. The molecule has 0 amide bonds. The van der Waals surface area contributed by atoms with Crippen LogP contribution < -0.4 is 16.6 Å². The highest BCUT2D eigenvalue weighted by molar-refractivity contribution is 5.40. The van der Waals surface area contributed by atoms with Crippen LogP contribution in [0.2, 0.25) is 0 Å². The van der Waals surface area contributed by atoms with Crippen LogP contribution in [0, 0.1) is 5.82 Å². The van der Waals surface area contributed by atoms with E-state index in [2.05, 4.69) is 27.6 Å². The molecule has 0 aromatic carbocycles. The van der Waals surface area contributed by atoms with E-state index in [4.69, 9.17) is 5.84 Å². The number of anilines is 2. The molecule has 6 heteroatoms. The van der Waals surface area contributed by atoms with Crippen molar-refractivity contribution in [3.8, 4) is 0 Å². The van der Waals surface area contributed by atoms with Gasteiger partial charge in [-0.05, 0) is 6.42 Å². The average Bonchev–Trinajstić information content (AvgIpc) is 2.26. The summed E-state index contributed by atoms with van der Waals surface area (Å²) in [6, 6.07) is 0. The number of unbranched alkanes of at least 4 members (excludes halogenated alkanes) is 2. The minimum Gasteiger partial charge on any atom is -0.367 e. The second kappa shape index (κ2) is 6.13. The lowest BCUT2D eigenvalue weighted by Gasteiger charge is -2.06. The number of halogens is 1. The second-order valence-corrected chi connectivity index (χ2v) is 3.17. The van der Waals surface area contributed by atoms with Crippen LogP contribution >= 0.6 is 0 Å². The van der Waals surface area contributed by atoms with Crippen molar-refractivity contribution >= 4 is 11.8 Å². The van der Waals surface area contributed by atoms with Gasteiger partial charge in [0, 0.05) is 6.54 Å². The van der Waals surface area contributed by atoms with Gasteiger partial charge >= 0.3 is 0 Å². The minimum atomic E-state index is -0.467. The van der Waals surface area contributed by atoms with Gasteiger partial charge in [0.15, 0.2) is 11.6 Å². The zero-order valence-corrected chi connectivity index (χ0v) is 8.76. The van der Waals surface area contributed by atoms with Gasteiger partial charge in [0.25, 0.3) is 0 Å². The zero-order valence-electron chi connectivity index (χ0n) is 8.76. The SMILES string of the molecule is CCCCCNc1nc(NN)ncc1F. The van der Waals surface area contributed by atoms with Crippen molar-refractivity contribution in [2.45, 2.75) is 26.2 Å². The fourth-order valence-corrected chi connectivity index (χ4v) is 1.14. The summed E-state index contributed by atoms with van der Waals surface area (Å²) < 4.78 is 13.2. The standard InChI is InChI=1S/C9H16FN5/c1-2-3-4-5-12-8-7(10)6-13-9(14-8)15-11/h6H,2-5,11H2,1H3,(H2,12,13,14,15). The Morgan fingerprint density at radius 3 is 2.93 bits per heavy atom. The second-order valence-electron chi connectivity index (χ2n) is 3.17. The molecule has 84 valence electrons. The van der Waals surface area contributed by atoms with E-state index in [1.165, 1.54) is 0 Å². The molecule has 1 aromatic rings. The molecule has 1 aromatic heterocycles. The van der Waals surface area contributed by atoms with Gasteiger partial charge in [-0.2, -0.15) is 4.98 Å². The van der Waals surface area contributed by atoms with Gasteiger partial charge in [-0.1, -0.05) is 19.8 Å². The third kappa shape index (κ3) is 3.67. The summed E-state index contributed by atoms with van der Waals surface area (Å²) >= 11 is 0. The van der Waals surface area contributed by atoms with Gasteiger partial charge in [-0.15, -0.1) is 0 Å². The normalized spacial score (nSPS) is 10.1. The molecule has 0 radical (unpaired) electrons. The Morgan fingerprint density at radius 2 is 2.27 bits per heavy atom. The molecule has 1 rings (SSSR count). The molecule has 0 unspecified atom stereocenters. The van der Waals surface area contributed by atoms with E-state index in [0.29, 0.717) is 6.54 Å². The van der Waals surface area contributed by atoms with Crippen molar-refractivity contribution in [3.63, 3.8) is 0 Å². The maximum Gasteiger partial charge on any atom is 0.239 e. The highest BCUT2D eigenvalue weighted by atomic mass is 19.1. The third-order valence-corrected chi connectivity index (χ3v) is 1.95. The van der Waals surface area contributed by atoms with Gasteiger partial charge < -0.3 is 5.32 Å². The van der Waals surface area contributed by atoms with Crippen molar-refractivity contribution in [2.75, 3.05) is 17.3 Å². The number of hydrazine groups is 1. The molecule has 0 aliphatic heterocycles. The van der Waals surface area contributed by atoms with Crippen LogP contribution in [0.5, 0.6) is 0 Å². The Labute approximate surface area is 88.3 Å². The van der Waals surface area contributed by atoms with Crippen LogP contribution in [-0.2, 0) is 0 Å². The molecule has 5 nitrogen and oxygen atoms in total. The lowest BCUT2D eigenvalue weighted by atomic mass is 10.2. The smallest absolute Gasteiger partial charge is 0.239 e. The molecular formula is C9H16FN5. The summed E-state index contributed by atoms with van der Waals surface area (Å²) in [7, 11) is 0. The Balaban J connectivity index is 2.51. The van der Waals surface area contributed by atoms with Gasteiger partial charge in [0.2, 0.25) is 5.95 Å². The van der Waals surface area contributed by atoms with E-state index in [1.54, 1.807) is 0 Å². The van der Waals surface area contributed by atoms with Crippen LogP contribution in [-0.4, -0.2) is 16.5 Å². The number of nitrogens with one attached hydrogen (secondary N) is 2. The maximum absolute atomic E-state index is 13.2. The highest BCUT2D eigenvalue weighted by Crippen LogP contribution is 2.11. The Morgan fingerprint density at radius 1 is 1.47 bits per heavy atom. The molecule has 0 fully saturated rings. The van der Waals surface area contributed by atoms with Crippen LogP contribution in [0.25, 0.3) is 0 Å². The van der Waals surface area contributed by atoms with Crippen LogP contribution in [0.1, 0.15) is 26.2 Å². The van der Waals surface area contributed by atoms with E-state index in [0.717, 1.165) is 25.5 Å². The maximum atomic E-state index is 13.2. The van der Waals surface area contributed by atoms with Crippen molar-refractivity contribution in [3.05, 3.63) is 12.0 Å². The number of hydrogen-bond acceptors (Lipinski definition) is 5.